The molecular formula is C16H17N5O3. The quantitative estimate of drug-likeness (QED) is 0.733. The van der Waals surface area contributed by atoms with Gasteiger partial charge < -0.3 is 21.1 Å². The lowest BCUT2D eigenvalue weighted by Crippen LogP contribution is -2.18. The number of rotatable bonds is 4. The molecule has 0 saturated carbocycles. The number of esters is 1. The summed E-state index contributed by atoms with van der Waals surface area (Å²) in [5.74, 6) is -0.198. The highest BCUT2D eigenvalue weighted by Crippen LogP contribution is 2.27. The molecule has 4 N–H and O–H groups in total. The van der Waals surface area contributed by atoms with Crippen molar-refractivity contribution in [2.75, 3.05) is 23.0 Å². The van der Waals surface area contributed by atoms with Crippen molar-refractivity contribution in [2.24, 2.45) is 0 Å². The summed E-state index contributed by atoms with van der Waals surface area (Å²) < 4.78 is 4.88. The van der Waals surface area contributed by atoms with Gasteiger partial charge in [-0.3, -0.25) is 4.79 Å². The lowest BCUT2D eigenvalue weighted by atomic mass is 10.0. The Kier molecular flexibility index (Phi) is 4.28. The third-order valence-electron chi connectivity index (χ3n) is 3.57. The lowest BCUT2D eigenvalue weighted by Gasteiger charge is -2.17. The minimum absolute atomic E-state index is 0.0221. The van der Waals surface area contributed by atoms with Crippen molar-refractivity contribution in [3.05, 3.63) is 35.5 Å². The number of nitrogens with one attached hydrogen (secondary N) is 2. The van der Waals surface area contributed by atoms with Crippen LogP contribution in [0, 0.1) is 0 Å². The molecule has 0 bridgehead atoms. The zero-order chi connectivity index (χ0) is 17.1. The fourth-order valence-electron chi connectivity index (χ4n) is 2.41. The van der Waals surface area contributed by atoms with Crippen LogP contribution in [0.3, 0.4) is 0 Å². The molecule has 8 heteroatoms. The number of nitrogen functional groups attached to an aromatic ring is 1. The van der Waals surface area contributed by atoms with E-state index in [1.165, 1.54) is 6.20 Å². The van der Waals surface area contributed by atoms with Gasteiger partial charge in [-0.1, -0.05) is 0 Å². The first-order chi connectivity index (χ1) is 11.6. The SMILES string of the molecule is CCOC(=O)c1cnc(Nc2ccc3c(c2)CCC(=O)N3)nc1N. The molecule has 8 nitrogen and oxygen atoms in total. The molecular weight excluding hydrogens is 310 g/mol. The highest BCUT2D eigenvalue weighted by molar-refractivity contribution is 5.95. The zero-order valence-corrected chi connectivity index (χ0v) is 13.1. The normalized spacial score (nSPS) is 13.0. The maximum atomic E-state index is 11.7. The van der Waals surface area contributed by atoms with Gasteiger partial charge in [-0.2, -0.15) is 4.98 Å². The Morgan fingerprint density at radius 2 is 2.25 bits per heavy atom. The minimum Gasteiger partial charge on any atom is -0.462 e. The number of anilines is 4. The second-order valence-corrected chi connectivity index (χ2v) is 5.26. The number of hydrogen-bond acceptors (Lipinski definition) is 7. The van der Waals surface area contributed by atoms with E-state index in [4.69, 9.17) is 10.5 Å². The number of hydrogen-bond donors (Lipinski definition) is 3. The second kappa shape index (κ2) is 6.53. The van der Waals surface area contributed by atoms with Crippen LogP contribution in [0.25, 0.3) is 0 Å². The molecule has 24 heavy (non-hydrogen) atoms. The van der Waals surface area contributed by atoms with Gasteiger partial charge >= 0.3 is 5.97 Å². The molecule has 1 amide bonds. The molecule has 0 spiro atoms. The van der Waals surface area contributed by atoms with Crippen LogP contribution in [0.5, 0.6) is 0 Å². The molecule has 0 aliphatic carbocycles. The fourth-order valence-corrected chi connectivity index (χ4v) is 2.41. The van der Waals surface area contributed by atoms with E-state index in [1.54, 1.807) is 6.92 Å². The van der Waals surface area contributed by atoms with Gasteiger partial charge in [-0.15, -0.1) is 0 Å². The van der Waals surface area contributed by atoms with E-state index in [0.717, 1.165) is 16.9 Å². The minimum atomic E-state index is -0.550. The Labute approximate surface area is 138 Å². The molecule has 0 fully saturated rings. The van der Waals surface area contributed by atoms with Crippen LogP contribution in [-0.4, -0.2) is 28.5 Å². The Bertz CT molecular complexity index is 806. The van der Waals surface area contributed by atoms with Crippen molar-refractivity contribution in [3.8, 4) is 0 Å². The zero-order valence-electron chi connectivity index (χ0n) is 13.1. The summed E-state index contributed by atoms with van der Waals surface area (Å²) in [6.07, 6.45) is 2.48. The van der Waals surface area contributed by atoms with Crippen LogP contribution < -0.4 is 16.4 Å². The Morgan fingerprint density at radius 1 is 1.42 bits per heavy atom. The smallest absolute Gasteiger partial charge is 0.343 e. The van der Waals surface area contributed by atoms with Gasteiger partial charge in [0.15, 0.2) is 0 Å². The van der Waals surface area contributed by atoms with E-state index < -0.39 is 5.97 Å². The number of carbonyl (C=O) groups is 2. The average molecular weight is 327 g/mol. The first kappa shape index (κ1) is 15.7. The van der Waals surface area contributed by atoms with E-state index in [-0.39, 0.29) is 29.8 Å². The predicted octanol–water partition coefficient (Wildman–Crippen LogP) is 1.86. The third-order valence-corrected chi connectivity index (χ3v) is 3.57. The number of aromatic nitrogens is 2. The number of nitrogens with zero attached hydrogens (tertiary/aromatic N) is 2. The van der Waals surface area contributed by atoms with Crippen molar-refractivity contribution in [2.45, 2.75) is 19.8 Å². The predicted molar refractivity (Wildman–Crippen MR) is 89.1 cm³/mol. The van der Waals surface area contributed by atoms with Crippen LogP contribution >= 0.6 is 0 Å². The van der Waals surface area contributed by atoms with E-state index in [2.05, 4.69) is 20.6 Å². The fraction of sp³-hybridized carbons (Fsp3) is 0.250. The van der Waals surface area contributed by atoms with Gasteiger partial charge in [-0.05, 0) is 37.1 Å². The van der Waals surface area contributed by atoms with Gasteiger partial charge in [0.1, 0.15) is 11.4 Å². The standard InChI is InChI=1S/C16H17N5O3/c1-2-24-15(23)11-8-18-16(21-14(11)17)19-10-4-5-12-9(7-10)3-6-13(22)20-12/h4-5,7-8H,2-3,6H2,1H3,(H,20,22)(H3,17,18,19,21). The van der Waals surface area contributed by atoms with Crippen molar-refractivity contribution in [3.63, 3.8) is 0 Å². The van der Waals surface area contributed by atoms with Crippen molar-refractivity contribution in [1.29, 1.82) is 0 Å². The van der Waals surface area contributed by atoms with Gasteiger partial charge in [0.25, 0.3) is 0 Å². The molecule has 1 aromatic carbocycles. The van der Waals surface area contributed by atoms with Gasteiger partial charge in [0.2, 0.25) is 11.9 Å². The summed E-state index contributed by atoms with van der Waals surface area (Å²) in [5, 5.41) is 5.86. The van der Waals surface area contributed by atoms with E-state index in [0.29, 0.717) is 12.8 Å². The Morgan fingerprint density at radius 3 is 3.00 bits per heavy atom. The van der Waals surface area contributed by atoms with Gasteiger partial charge in [0.05, 0.1) is 6.61 Å². The van der Waals surface area contributed by atoms with Crippen LogP contribution in [0.2, 0.25) is 0 Å². The summed E-state index contributed by atoms with van der Waals surface area (Å²) >= 11 is 0. The first-order valence-electron chi connectivity index (χ1n) is 7.56. The monoisotopic (exact) mass is 327 g/mol. The second-order valence-electron chi connectivity index (χ2n) is 5.26. The molecule has 0 radical (unpaired) electrons. The molecule has 1 aliphatic heterocycles. The molecule has 0 atom stereocenters. The van der Waals surface area contributed by atoms with Crippen LogP contribution in [0.1, 0.15) is 29.3 Å². The number of carbonyl (C=O) groups excluding carboxylic acids is 2. The number of nitrogens with two attached hydrogens (primary N) is 1. The maximum Gasteiger partial charge on any atom is 0.343 e. The number of fused-ring (bicyclic) bond motifs is 1. The lowest BCUT2D eigenvalue weighted by molar-refractivity contribution is -0.116. The largest absolute Gasteiger partial charge is 0.462 e. The summed E-state index contributed by atoms with van der Waals surface area (Å²) in [4.78, 5) is 31.2. The molecule has 0 unspecified atom stereocenters. The molecule has 1 aromatic heterocycles. The molecule has 124 valence electrons. The topological polar surface area (TPSA) is 119 Å². The summed E-state index contributed by atoms with van der Waals surface area (Å²) in [6.45, 7) is 1.97. The molecule has 0 saturated heterocycles. The molecule has 2 heterocycles. The average Bonchev–Trinajstić information content (AvgIpc) is 2.55. The summed E-state index contributed by atoms with van der Waals surface area (Å²) in [7, 11) is 0. The highest BCUT2D eigenvalue weighted by atomic mass is 16.5. The maximum absolute atomic E-state index is 11.7. The van der Waals surface area contributed by atoms with Crippen LogP contribution in [0.15, 0.2) is 24.4 Å². The van der Waals surface area contributed by atoms with Crippen LogP contribution in [0.4, 0.5) is 23.1 Å². The van der Waals surface area contributed by atoms with E-state index in [1.807, 2.05) is 18.2 Å². The highest BCUT2D eigenvalue weighted by Gasteiger charge is 2.16. The number of aryl methyl sites for hydroxylation is 1. The number of ether oxygens (including phenoxy) is 1. The van der Waals surface area contributed by atoms with Crippen LogP contribution in [-0.2, 0) is 16.0 Å². The van der Waals surface area contributed by atoms with Crippen molar-refractivity contribution < 1.29 is 14.3 Å². The van der Waals surface area contributed by atoms with Crippen molar-refractivity contribution in [1.82, 2.24) is 9.97 Å². The summed E-state index contributed by atoms with van der Waals surface area (Å²) in [6, 6.07) is 5.56. The first-order valence-corrected chi connectivity index (χ1v) is 7.56. The van der Waals surface area contributed by atoms with Gasteiger partial charge in [-0.25, -0.2) is 9.78 Å². The number of amides is 1. The Hall–Kier alpha value is -3.16. The van der Waals surface area contributed by atoms with E-state index in [9.17, 15) is 9.59 Å². The summed E-state index contributed by atoms with van der Waals surface area (Å²) in [5.41, 5.74) is 8.55. The third kappa shape index (κ3) is 3.27. The van der Waals surface area contributed by atoms with E-state index >= 15 is 0 Å². The molecule has 2 aromatic rings. The van der Waals surface area contributed by atoms with Gasteiger partial charge in [0, 0.05) is 24.0 Å². The van der Waals surface area contributed by atoms with Crippen molar-refractivity contribution >= 4 is 35.0 Å². The molecule has 1 aliphatic rings. The Balaban J connectivity index is 1.78. The number of benzene rings is 1. The molecule has 3 rings (SSSR count).